The third kappa shape index (κ3) is 3.06. The van der Waals surface area contributed by atoms with Crippen LogP contribution < -0.4 is 9.47 Å². The fraction of sp³-hybridized carbons (Fsp3) is 0.143. The summed E-state index contributed by atoms with van der Waals surface area (Å²) in [4.78, 5) is 15.2. The normalized spacial score (nSPS) is 11.4. The quantitative estimate of drug-likeness (QED) is 0.320. The number of imidazole rings is 1. The fourth-order valence-corrected chi connectivity index (χ4v) is 3.25. The number of rotatable bonds is 4. The topological polar surface area (TPSA) is 50.2 Å². The van der Waals surface area contributed by atoms with Crippen LogP contribution in [-0.4, -0.2) is 27.9 Å². The minimum Gasteiger partial charge on any atom is -0.299 e. The molecule has 27 heavy (non-hydrogen) atoms. The summed E-state index contributed by atoms with van der Waals surface area (Å²) in [7, 11) is 3.78. The van der Waals surface area contributed by atoms with Gasteiger partial charge in [0, 0.05) is 19.3 Å². The number of fused-ring (bicyclic) bond motifs is 1. The molecule has 0 aliphatic carbocycles. The van der Waals surface area contributed by atoms with E-state index in [0.29, 0.717) is 0 Å². The fourth-order valence-electron chi connectivity index (χ4n) is 3.25. The summed E-state index contributed by atoms with van der Waals surface area (Å²) < 4.78 is 4.17. The number of benzene rings is 1. The average Bonchev–Trinajstić information content (AvgIpc) is 3.04. The highest BCUT2D eigenvalue weighted by Crippen LogP contribution is 2.28. The van der Waals surface area contributed by atoms with Gasteiger partial charge in [0.05, 0.1) is 30.5 Å². The van der Waals surface area contributed by atoms with Gasteiger partial charge in [0.25, 0.3) is 0 Å². The van der Waals surface area contributed by atoms with Crippen molar-refractivity contribution in [1.29, 1.82) is 0 Å². The van der Waals surface area contributed by atoms with Crippen molar-refractivity contribution < 1.29 is 4.57 Å². The molecule has 0 bridgehead atoms. The largest absolute Gasteiger partial charge is 0.301 e. The molecule has 0 radical (unpaired) electrons. The summed E-state index contributed by atoms with van der Waals surface area (Å²) in [5, 5.41) is 0. The van der Waals surface area contributed by atoms with E-state index in [0.717, 1.165) is 33.9 Å². The molecule has 0 unspecified atom stereocenters. The molecule has 6 nitrogen and oxygen atoms in total. The van der Waals surface area contributed by atoms with Gasteiger partial charge in [0.15, 0.2) is 11.8 Å². The number of aromatic nitrogens is 4. The van der Waals surface area contributed by atoms with E-state index in [1.54, 1.807) is 13.2 Å². The minimum atomic E-state index is 0.943. The third-order valence-corrected chi connectivity index (χ3v) is 4.50. The average molecular weight is 357 g/mol. The van der Waals surface area contributed by atoms with E-state index < -0.39 is 0 Å². The molecular formula is C21H21N6+. The lowest BCUT2D eigenvalue weighted by molar-refractivity contribution is -0.647. The van der Waals surface area contributed by atoms with Gasteiger partial charge in [-0.3, -0.25) is 14.9 Å². The Kier molecular flexibility index (Phi) is 4.38. The Balaban J connectivity index is 1.85. The Labute approximate surface area is 158 Å². The van der Waals surface area contributed by atoms with Crippen LogP contribution >= 0.6 is 0 Å². The SMILES string of the molecule is CN=CN(c1cccc(-n2c[n+](C)c3ncccc32)c1)c1cccnc1C. The number of hydrogen-bond donors (Lipinski definition) is 0. The zero-order valence-corrected chi connectivity index (χ0v) is 15.6. The molecule has 0 atom stereocenters. The van der Waals surface area contributed by atoms with Gasteiger partial charge in [-0.05, 0) is 43.3 Å². The van der Waals surface area contributed by atoms with E-state index >= 15 is 0 Å². The van der Waals surface area contributed by atoms with Crippen molar-refractivity contribution in [3.63, 3.8) is 0 Å². The van der Waals surface area contributed by atoms with Crippen LogP contribution in [0.3, 0.4) is 0 Å². The van der Waals surface area contributed by atoms with Gasteiger partial charge in [-0.25, -0.2) is 9.13 Å². The van der Waals surface area contributed by atoms with Gasteiger partial charge in [-0.2, -0.15) is 0 Å². The molecule has 3 aromatic heterocycles. The van der Waals surface area contributed by atoms with Gasteiger partial charge in [-0.1, -0.05) is 6.07 Å². The predicted molar refractivity (Wildman–Crippen MR) is 108 cm³/mol. The zero-order chi connectivity index (χ0) is 18.8. The molecule has 0 fully saturated rings. The molecule has 0 aliphatic heterocycles. The van der Waals surface area contributed by atoms with E-state index in [2.05, 4.69) is 54.8 Å². The van der Waals surface area contributed by atoms with Gasteiger partial charge in [-0.15, -0.1) is 4.98 Å². The van der Waals surface area contributed by atoms with E-state index in [1.165, 1.54) is 0 Å². The van der Waals surface area contributed by atoms with Crippen molar-refractivity contribution in [1.82, 2.24) is 14.5 Å². The van der Waals surface area contributed by atoms with Gasteiger partial charge >= 0.3 is 5.65 Å². The Hall–Kier alpha value is -3.54. The Morgan fingerprint density at radius 2 is 1.89 bits per heavy atom. The second-order valence-corrected chi connectivity index (χ2v) is 6.31. The van der Waals surface area contributed by atoms with Gasteiger partial charge in [0.2, 0.25) is 0 Å². The molecule has 0 spiro atoms. The summed E-state index contributed by atoms with van der Waals surface area (Å²) in [6.07, 6.45) is 7.48. The van der Waals surface area contributed by atoms with E-state index in [-0.39, 0.29) is 0 Å². The van der Waals surface area contributed by atoms with Crippen molar-refractivity contribution >= 4 is 28.9 Å². The predicted octanol–water partition coefficient (Wildman–Crippen LogP) is 3.35. The van der Waals surface area contributed by atoms with Crippen molar-refractivity contribution in [2.24, 2.45) is 12.0 Å². The van der Waals surface area contributed by atoms with Crippen molar-refractivity contribution in [3.8, 4) is 5.69 Å². The molecular weight excluding hydrogens is 336 g/mol. The molecule has 3 heterocycles. The van der Waals surface area contributed by atoms with Crippen LogP contribution in [0.2, 0.25) is 0 Å². The molecule has 6 heteroatoms. The maximum absolute atomic E-state index is 4.48. The van der Waals surface area contributed by atoms with Crippen LogP contribution in [0.5, 0.6) is 0 Å². The lowest BCUT2D eigenvalue weighted by Gasteiger charge is -2.21. The molecule has 0 aliphatic rings. The summed E-state index contributed by atoms with van der Waals surface area (Å²) >= 11 is 0. The van der Waals surface area contributed by atoms with Crippen LogP contribution in [0.1, 0.15) is 5.69 Å². The highest BCUT2D eigenvalue weighted by atomic mass is 15.2. The highest BCUT2D eigenvalue weighted by Gasteiger charge is 2.17. The number of nitrogens with zero attached hydrogens (tertiary/aromatic N) is 6. The summed E-state index contributed by atoms with van der Waals surface area (Å²) in [6.45, 7) is 2.00. The summed E-state index contributed by atoms with van der Waals surface area (Å²) in [5.41, 5.74) is 6.03. The first-order valence-corrected chi connectivity index (χ1v) is 8.74. The summed E-state index contributed by atoms with van der Waals surface area (Å²) in [6, 6.07) is 16.4. The third-order valence-electron chi connectivity index (χ3n) is 4.50. The van der Waals surface area contributed by atoms with Crippen molar-refractivity contribution in [2.45, 2.75) is 6.92 Å². The smallest absolute Gasteiger partial charge is 0.299 e. The second-order valence-electron chi connectivity index (χ2n) is 6.31. The maximum Gasteiger partial charge on any atom is 0.301 e. The molecule has 0 N–H and O–H groups in total. The van der Waals surface area contributed by atoms with E-state index in [4.69, 9.17) is 0 Å². The lowest BCUT2D eigenvalue weighted by Crippen LogP contribution is -2.26. The molecule has 4 aromatic rings. The Morgan fingerprint density at radius 1 is 1.07 bits per heavy atom. The second kappa shape index (κ2) is 6.99. The first kappa shape index (κ1) is 16.9. The minimum absolute atomic E-state index is 0.943. The van der Waals surface area contributed by atoms with E-state index in [1.807, 2.05) is 55.6 Å². The van der Waals surface area contributed by atoms with Crippen LogP contribution in [0.25, 0.3) is 16.9 Å². The first-order valence-electron chi connectivity index (χ1n) is 8.74. The maximum atomic E-state index is 4.48. The molecule has 0 saturated heterocycles. The number of anilines is 2. The number of hydrogen-bond acceptors (Lipinski definition) is 3. The highest BCUT2D eigenvalue weighted by molar-refractivity contribution is 5.90. The molecule has 4 rings (SSSR count). The number of pyridine rings is 2. The van der Waals surface area contributed by atoms with Crippen molar-refractivity contribution in [2.75, 3.05) is 11.9 Å². The zero-order valence-electron chi connectivity index (χ0n) is 15.6. The van der Waals surface area contributed by atoms with Crippen LogP contribution in [0.4, 0.5) is 11.4 Å². The molecule has 134 valence electrons. The summed E-state index contributed by atoms with van der Waals surface area (Å²) in [5.74, 6) is 0. The Bertz CT molecular complexity index is 1130. The van der Waals surface area contributed by atoms with Crippen LogP contribution in [0.15, 0.2) is 72.2 Å². The monoisotopic (exact) mass is 357 g/mol. The first-order chi connectivity index (χ1) is 13.2. The van der Waals surface area contributed by atoms with E-state index in [9.17, 15) is 0 Å². The lowest BCUT2D eigenvalue weighted by atomic mass is 10.2. The Morgan fingerprint density at radius 3 is 2.70 bits per heavy atom. The standard InChI is InChI=1S/C21H21N6/c1-16-19(9-5-11-23-16)26(14-22-2)17-7-4-8-18(13-17)27-15-25(3)21-20(27)10-6-12-24-21/h4-15H,1-3H3/q+1. The molecule has 1 aromatic carbocycles. The number of aliphatic imine (C=N–C) groups is 1. The van der Waals surface area contributed by atoms with Crippen LogP contribution in [-0.2, 0) is 7.05 Å². The van der Waals surface area contributed by atoms with Gasteiger partial charge in [0.1, 0.15) is 11.9 Å². The molecule has 0 saturated carbocycles. The number of aryl methyl sites for hydroxylation is 2. The van der Waals surface area contributed by atoms with Crippen molar-refractivity contribution in [3.05, 3.63) is 72.9 Å². The molecule has 0 amide bonds. The van der Waals surface area contributed by atoms with Gasteiger partial charge < -0.3 is 0 Å². The van der Waals surface area contributed by atoms with Crippen LogP contribution in [0, 0.1) is 6.92 Å².